The van der Waals surface area contributed by atoms with Gasteiger partial charge >= 0.3 is 0 Å². The zero-order chi connectivity index (χ0) is 18.9. The van der Waals surface area contributed by atoms with E-state index in [0.29, 0.717) is 11.2 Å². The van der Waals surface area contributed by atoms with Crippen molar-refractivity contribution in [2.24, 2.45) is 51.8 Å². The average Bonchev–Trinajstić information content (AvgIpc) is 2.86. The van der Waals surface area contributed by atoms with Crippen molar-refractivity contribution in [2.75, 3.05) is 0 Å². The molecule has 0 aliphatic heterocycles. The molecule has 26 heavy (non-hydrogen) atoms. The summed E-state index contributed by atoms with van der Waals surface area (Å²) in [6.07, 6.45) is 11.7. The summed E-state index contributed by atoms with van der Waals surface area (Å²) in [5, 5.41) is 0. The maximum absolute atomic E-state index is 13.0. The molecular formula is C25H42O. The molecule has 0 aromatic carbocycles. The van der Waals surface area contributed by atoms with Gasteiger partial charge in [0, 0.05) is 11.8 Å². The number of carbonyl (C=O) groups is 1. The SMILES string of the molecule is CCC(=O)C1(C)CCC2C3CCC4CC(C)CCC4(C)C3C(C)CC21C. The van der Waals surface area contributed by atoms with Gasteiger partial charge < -0.3 is 0 Å². The van der Waals surface area contributed by atoms with Crippen LogP contribution in [0.5, 0.6) is 0 Å². The number of rotatable bonds is 2. The number of hydrogen-bond donors (Lipinski definition) is 0. The first-order valence-electron chi connectivity index (χ1n) is 11.7. The Morgan fingerprint density at radius 2 is 1.73 bits per heavy atom. The molecule has 0 radical (unpaired) electrons. The molecule has 1 heteroatoms. The highest BCUT2D eigenvalue weighted by atomic mass is 16.1. The van der Waals surface area contributed by atoms with Gasteiger partial charge in [0.2, 0.25) is 0 Å². The Morgan fingerprint density at radius 1 is 1.00 bits per heavy atom. The molecule has 4 aliphatic rings. The number of hydrogen-bond acceptors (Lipinski definition) is 1. The highest BCUT2D eigenvalue weighted by Crippen LogP contribution is 2.72. The Bertz CT molecular complexity index is 581. The molecule has 4 aliphatic carbocycles. The number of fused-ring (bicyclic) bond motifs is 5. The summed E-state index contributed by atoms with van der Waals surface area (Å²) in [6, 6.07) is 0. The van der Waals surface area contributed by atoms with E-state index < -0.39 is 0 Å². The highest BCUT2D eigenvalue weighted by Gasteiger charge is 2.66. The lowest BCUT2D eigenvalue weighted by molar-refractivity contribution is -0.162. The Morgan fingerprint density at radius 3 is 2.42 bits per heavy atom. The van der Waals surface area contributed by atoms with Gasteiger partial charge in [-0.2, -0.15) is 0 Å². The first-order valence-corrected chi connectivity index (χ1v) is 11.7. The summed E-state index contributed by atoms with van der Waals surface area (Å²) in [5.74, 6) is 5.80. The summed E-state index contributed by atoms with van der Waals surface area (Å²) in [7, 11) is 0. The van der Waals surface area contributed by atoms with E-state index in [1.807, 2.05) is 0 Å². The molecule has 0 saturated heterocycles. The fraction of sp³-hybridized carbons (Fsp3) is 0.960. The molecule has 0 spiro atoms. The normalized spacial score (nSPS) is 56.4. The lowest BCUT2D eigenvalue weighted by Crippen LogP contribution is -2.58. The van der Waals surface area contributed by atoms with Gasteiger partial charge in [-0.1, -0.05) is 48.0 Å². The van der Waals surface area contributed by atoms with Crippen LogP contribution in [0, 0.1) is 51.8 Å². The molecule has 4 saturated carbocycles. The molecule has 0 heterocycles. The Hall–Kier alpha value is -0.330. The molecule has 0 N–H and O–H groups in total. The average molecular weight is 359 g/mol. The third-order valence-electron chi connectivity index (χ3n) is 10.7. The molecule has 9 unspecified atom stereocenters. The molecule has 0 bridgehead atoms. The molecule has 1 nitrogen and oxygen atoms in total. The van der Waals surface area contributed by atoms with Crippen LogP contribution < -0.4 is 0 Å². The summed E-state index contributed by atoms with van der Waals surface area (Å²) >= 11 is 0. The number of carbonyl (C=O) groups excluding carboxylic acids is 1. The topological polar surface area (TPSA) is 17.1 Å². The van der Waals surface area contributed by atoms with Crippen LogP contribution in [-0.2, 0) is 4.79 Å². The fourth-order valence-corrected chi connectivity index (χ4v) is 9.27. The van der Waals surface area contributed by atoms with Crippen LogP contribution in [0.2, 0.25) is 0 Å². The van der Waals surface area contributed by atoms with Crippen LogP contribution in [-0.4, -0.2) is 5.78 Å². The van der Waals surface area contributed by atoms with Crippen LogP contribution in [0.15, 0.2) is 0 Å². The maximum Gasteiger partial charge on any atom is 0.139 e. The maximum atomic E-state index is 13.0. The van der Waals surface area contributed by atoms with E-state index in [0.717, 1.165) is 48.3 Å². The van der Waals surface area contributed by atoms with Gasteiger partial charge in [0.05, 0.1) is 0 Å². The van der Waals surface area contributed by atoms with Crippen LogP contribution in [0.1, 0.15) is 99.3 Å². The molecule has 4 fully saturated rings. The predicted molar refractivity (Wildman–Crippen MR) is 109 cm³/mol. The van der Waals surface area contributed by atoms with Crippen molar-refractivity contribution in [3.63, 3.8) is 0 Å². The van der Waals surface area contributed by atoms with Crippen LogP contribution in [0.3, 0.4) is 0 Å². The minimum atomic E-state index is -0.0650. The standard InChI is InChI=1S/C25H42O/c1-7-21(26)24(5)13-11-20-19-9-8-18-14-16(2)10-12-23(18,4)22(19)17(3)15-25(20,24)6/h16-20,22H,7-15H2,1-6H3. The quantitative estimate of drug-likeness (QED) is 0.525. The zero-order valence-electron chi connectivity index (χ0n) is 18.2. The summed E-state index contributed by atoms with van der Waals surface area (Å²) in [5.41, 5.74) is 0.750. The summed E-state index contributed by atoms with van der Waals surface area (Å²) in [6.45, 7) is 14.6. The molecule has 9 atom stereocenters. The van der Waals surface area contributed by atoms with E-state index in [-0.39, 0.29) is 10.8 Å². The second-order valence-electron chi connectivity index (χ2n) is 11.7. The second kappa shape index (κ2) is 6.08. The minimum absolute atomic E-state index is 0.0650. The summed E-state index contributed by atoms with van der Waals surface area (Å²) in [4.78, 5) is 13.0. The van der Waals surface area contributed by atoms with Crippen molar-refractivity contribution >= 4 is 5.78 Å². The second-order valence-corrected chi connectivity index (χ2v) is 11.7. The van der Waals surface area contributed by atoms with E-state index in [9.17, 15) is 4.79 Å². The molecule has 0 aromatic rings. The Balaban J connectivity index is 1.69. The Kier molecular flexibility index (Phi) is 4.45. The molecule has 0 aromatic heterocycles. The van der Waals surface area contributed by atoms with Crippen LogP contribution in [0.25, 0.3) is 0 Å². The fourth-order valence-electron chi connectivity index (χ4n) is 9.27. The largest absolute Gasteiger partial charge is 0.299 e. The molecular weight excluding hydrogens is 316 g/mol. The van der Waals surface area contributed by atoms with Gasteiger partial charge in [-0.25, -0.2) is 0 Å². The minimum Gasteiger partial charge on any atom is -0.299 e. The van der Waals surface area contributed by atoms with Crippen molar-refractivity contribution in [1.29, 1.82) is 0 Å². The van der Waals surface area contributed by atoms with E-state index in [1.54, 1.807) is 0 Å². The van der Waals surface area contributed by atoms with Crippen molar-refractivity contribution < 1.29 is 4.79 Å². The van der Waals surface area contributed by atoms with Gasteiger partial charge in [0.25, 0.3) is 0 Å². The van der Waals surface area contributed by atoms with Gasteiger partial charge in [0.1, 0.15) is 5.78 Å². The van der Waals surface area contributed by atoms with Gasteiger partial charge in [-0.15, -0.1) is 0 Å². The third-order valence-corrected chi connectivity index (χ3v) is 10.7. The number of ketones is 1. The monoisotopic (exact) mass is 358 g/mol. The van der Waals surface area contributed by atoms with E-state index in [4.69, 9.17) is 0 Å². The first kappa shape index (κ1) is 19.0. The van der Waals surface area contributed by atoms with Crippen LogP contribution >= 0.6 is 0 Å². The predicted octanol–water partition coefficient (Wildman–Crippen LogP) is 6.90. The van der Waals surface area contributed by atoms with Gasteiger partial charge in [0.15, 0.2) is 0 Å². The van der Waals surface area contributed by atoms with E-state index in [2.05, 4.69) is 41.5 Å². The molecule has 148 valence electrons. The first-order chi connectivity index (χ1) is 12.2. The highest BCUT2D eigenvalue weighted by molar-refractivity contribution is 5.85. The van der Waals surface area contributed by atoms with Crippen molar-refractivity contribution in [1.82, 2.24) is 0 Å². The zero-order valence-corrected chi connectivity index (χ0v) is 18.2. The molecule has 0 amide bonds. The van der Waals surface area contributed by atoms with Crippen molar-refractivity contribution in [3.05, 3.63) is 0 Å². The number of Topliss-reactive ketones (excluding diaryl/α,β-unsaturated/α-hetero) is 1. The van der Waals surface area contributed by atoms with E-state index >= 15 is 0 Å². The van der Waals surface area contributed by atoms with Gasteiger partial charge in [-0.05, 0) is 91.3 Å². The van der Waals surface area contributed by atoms with Crippen molar-refractivity contribution in [2.45, 2.75) is 99.3 Å². The summed E-state index contributed by atoms with van der Waals surface area (Å²) < 4.78 is 0. The van der Waals surface area contributed by atoms with E-state index in [1.165, 1.54) is 44.9 Å². The molecule has 4 rings (SSSR count). The van der Waals surface area contributed by atoms with Crippen LogP contribution in [0.4, 0.5) is 0 Å². The lowest BCUT2D eigenvalue weighted by Gasteiger charge is -2.64. The Labute approximate surface area is 162 Å². The smallest absolute Gasteiger partial charge is 0.139 e. The van der Waals surface area contributed by atoms with Gasteiger partial charge in [-0.3, -0.25) is 4.79 Å². The lowest BCUT2D eigenvalue weighted by atomic mass is 9.41. The third kappa shape index (κ3) is 2.30. The van der Waals surface area contributed by atoms with Crippen molar-refractivity contribution in [3.8, 4) is 0 Å².